The molecule has 2 aromatic rings. The number of nitrogens with one attached hydrogen (secondary N) is 4. The van der Waals surface area contributed by atoms with E-state index in [2.05, 4.69) is 26.3 Å². The highest BCUT2D eigenvalue weighted by atomic mass is 16.3. The third-order valence-electron chi connectivity index (χ3n) is 6.15. The zero-order valence-electron chi connectivity index (χ0n) is 21.5. The summed E-state index contributed by atoms with van der Waals surface area (Å²) < 4.78 is 5.56. The second kappa shape index (κ2) is 13.0. The number of fused-ring (bicyclic) bond motifs is 2. The number of carbonyl (C=O) groups excluding carboxylic acids is 4. The number of amides is 4. The van der Waals surface area contributed by atoms with Crippen LogP contribution >= 0.6 is 0 Å². The minimum absolute atomic E-state index is 0.122. The van der Waals surface area contributed by atoms with Gasteiger partial charge in [0.1, 0.15) is 24.4 Å². The fraction of sp³-hybridized carbons (Fsp3) is 0.500. The van der Waals surface area contributed by atoms with Gasteiger partial charge in [-0.2, -0.15) is 0 Å². The molecule has 0 spiro atoms. The second-order valence-electron chi connectivity index (χ2n) is 9.65. The highest BCUT2D eigenvalue weighted by Gasteiger charge is 2.31. The molecule has 4 atom stereocenters. The van der Waals surface area contributed by atoms with E-state index in [1.807, 2.05) is 44.2 Å². The van der Waals surface area contributed by atoms with Crippen molar-refractivity contribution in [3.63, 3.8) is 0 Å². The number of rotatable bonds is 5. The summed E-state index contributed by atoms with van der Waals surface area (Å²) in [5, 5.41) is 11.2. The highest BCUT2D eigenvalue weighted by molar-refractivity contribution is 5.93. The highest BCUT2D eigenvalue weighted by Crippen LogP contribution is 2.22. The van der Waals surface area contributed by atoms with Crippen molar-refractivity contribution in [3.05, 3.63) is 53.7 Å². The average molecular weight is 513 g/mol. The maximum absolute atomic E-state index is 13.5. The van der Waals surface area contributed by atoms with Gasteiger partial charge in [-0.1, -0.05) is 44.2 Å². The Hall–Kier alpha value is -3.73. The molecule has 6 N–H and O–H groups in total. The van der Waals surface area contributed by atoms with Gasteiger partial charge in [0.25, 0.3) is 5.91 Å². The zero-order valence-corrected chi connectivity index (χ0v) is 21.5. The smallest absolute Gasteiger partial charge is 0.273 e. The minimum Gasteiger partial charge on any atom is -0.446 e. The van der Waals surface area contributed by atoms with Crippen LogP contribution in [0, 0.1) is 5.92 Å². The first-order valence-corrected chi connectivity index (χ1v) is 12.6. The van der Waals surface area contributed by atoms with Crippen molar-refractivity contribution in [2.75, 3.05) is 6.54 Å². The Morgan fingerprint density at radius 3 is 2.51 bits per heavy atom. The van der Waals surface area contributed by atoms with Crippen LogP contribution in [0.25, 0.3) is 0 Å². The maximum Gasteiger partial charge on any atom is 0.273 e. The van der Waals surface area contributed by atoms with Crippen LogP contribution in [-0.2, 0) is 20.8 Å². The van der Waals surface area contributed by atoms with Gasteiger partial charge in [-0.3, -0.25) is 19.2 Å². The lowest BCUT2D eigenvalue weighted by Crippen LogP contribution is -2.56. The van der Waals surface area contributed by atoms with Crippen molar-refractivity contribution >= 4 is 23.6 Å². The second-order valence-corrected chi connectivity index (χ2v) is 9.65. The van der Waals surface area contributed by atoms with Gasteiger partial charge in [-0.15, -0.1) is 0 Å². The van der Waals surface area contributed by atoms with Crippen molar-refractivity contribution in [3.8, 4) is 0 Å². The Balaban J connectivity index is 1.93. The van der Waals surface area contributed by atoms with Crippen molar-refractivity contribution in [1.82, 2.24) is 26.3 Å². The summed E-state index contributed by atoms with van der Waals surface area (Å²) in [6.07, 6.45) is 2.91. The predicted molar refractivity (Wildman–Crippen MR) is 136 cm³/mol. The molecular weight excluding hydrogens is 476 g/mol. The fourth-order valence-corrected chi connectivity index (χ4v) is 3.97. The van der Waals surface area contributed by atoms with Crippen LogP contribution in [-0.4, -0.2) is 53.3 Å². The van der Waals surface area contributed by atoms with E-state index in [0.29, 0.717) is 25.8 Å². The molecule has 11 nitrogen and oxygen atoms in total. The molecule has 11 heteroatoms. The van der Waals surface area contributed by atoms with Crippen molar-refractivity contribution in [2.24, 2.45) is 11.7 Å². The predicted octanol–water partition coefficient (Wildman–Crippen LogP) is 0.961. The van der Waals surface area contributed by atoms with Crippen LogP contribution in [0.1, 0.15) is 68.0 Å². The summed E-state index contributed by atoms with van der Waals surface area (Å²) in [7, 11) is 0. The molecule has 4 amide bonds. The van der Waals surface area contributed by atoms with Gasteiger partial charge >= 0.3 is 0 Å². The molecule has 1 aliphatic heterocycles. The summed E-state index contributed by atoms with van der Waals surface area (Å²) in [5.74, 6) is -1.70. The topological polar surface area (TPSA) is 168 Å². The number of carbonyl (C=O) groups is 4. The number of nitrogens with zero attached hydrogens (tertiary/aromatic N) is 1. The number of hydrogen-bond acceptors (Lipinski definition) is 7. The molecule has 0 fully saturated rings. The van der Waals surface area contributed by atoms with E-state index < -0.39 is 47.8 Å². The van der Waals surface area contributed by atoms with Crippen molar-refractivity contribution in [2.45, 2.75) is 70.6 Å². The fourth-order valence-electron chi connectivity index (χ4n) is 3.97. The summed E-state index contributed by atoms with van der Waals surface area (Å²) in [6.45, 7) is 5.66. The molecular formula is C26H36N6O5. The summed E-state index contributed by atoms with van der Waals surface area (Å²) in [5.41, 5.74) is 6.67. The summed E-state index contributed by atoms with van der Waals surface area (Å²) in [6, 6.07) is 6.06. The van der Waals surface area contributed by atoms with Crippen LogP contribution < -0.4 is 27.0 Å². The van der Waals surface area contributed by atoms with Crippen LogP contribution in [0.3, 0.4) is 0 Å². The summed E-state index contributed by atoms with van der Waals surface area (Å²) in [4.78, 5) is 56.0. The first kappa shape index (κ1) is 27.9. The van der Waals surface area contributed by atoms with Gasteiger partial charge in [-0.05, 0) is 37.7 Å². The molecule has 2 heterocycles. The van der Waals surface area contributed by atoms with E-state index in [-0.39, 0.29) is 23.9 Å². The van der Waals surface area contributed by atoms with Crippen molar-refractivity contribution < 1.29 is 23.6 Å². The van der Waals surface area contributed by atoms with E-state index in [4.69, 9.17) is 10.2 Å². The molecule has 0 saturated heterocycles. The van der Waals surface area contributed by atoms with E-state index in [0.717, 1.165) is 5.56 Å². The third kappa shape index (κ3) is 7.88. The van der Waals surface area contributed by atoms with Gasteiger partial charge < -0.3 is 31.4 Å². The molecule has 3 rings (SSSR count). The van der Waals surface area contributed by atoms with E-state index in [9.17, 15) is 19.2 Å². The molecule has 2 bridgehead atoms. The Bertz CT molecular complexity index is 1080. The van der Waals surface area contributed by atoms with Crippen molar-refractivity contribution in [1.29, 1.82) is 0 Å². The third-order valence-corrected chi connectivity index (χ3v) is 6.15. The molecule has 37 heavy (non-hydrogen) atoms. The summed E-state index contributed by atoms with van der Waals surface area (Å²) >= 11 is 0. The Labute approximate surface area is 216 Å². The Morgan fingerprint density at radius 1 is 1.11 bits per heavy atom. The number of aromatic nitrogens is 1. The Morgan fingerprint density at radius 2 is 1.84 bits per heavy atom. The van der Waals surface area contributed by atoms with Gasteiger partial charge in [-0.25, -0.2) is 4.98 Å². The maximum atomic E-state index is 13.5. The first-order chi connectivity index (χ1) is 17.7. The monoisotopic (exact) mass is 512 g/mol. The molecule has 0 aliphatic carbocycles. The number of hydrogen-bond donors (Lipinski definition) is 5. The van der Waals surface area contributed by atoms with Crippen LogP contribution in [0.4, 0.5) is 0 Å². The normalized spacial score (nSPS) is 22.5. The molecule has 200 valence electrons. The lowest BCUT2D eigenvalue weighted by Gasteiger charge is -2.26. The van der Waals surface area contributed by atoms with Gasteiger partial charge in [0, 0.05) is 13.0 Å². The lowest BCUT2D eigenvalue weighted by molar-refractivity contribution is -0.132. The quantitative estimate of drug-likeness (QED) is 0.397. The largest absolute Gasteiger partial charge is 0.446 e. The van der Waals surface area contributed by atoms with E-state index >= 15 is 0 Å². The van der Waals surface area contributed by atoms with E-state index in [1.165, 1.54) is 13.2 Å². The molecule has 1 aliphatic rings. The SMILES string of the molecule is CC(C)[C@@H]1NC(=O)[C@H](Cc2ccccc2)NC(=O)[C@@H](NC(=O)[C@@H](C)N)CCCCNC(=O)c2coc1n2. The number of nitrogens with two attached hydrogens (primary N) is 1. The number of benzene rings is 1. The van der Waals surface area contributed by atoms with E-state index in [1.54, 1.807) is 0 Å². The molecule has 1 aromatic heterocycles. The molecule has 1 aromatic carbocycles. The van der Waals surface area contributed by atoms with Crippen LogP contribution in [0.2, 0.25) is 0 Å². The van der Waals surface area contributed by atoms with Crippen LogP contribution in [0.15, 0.2) is 41.0 Å². The minimum atomic E-state index is -0.934. The standard InChI is InChI=1S/C26H36N6O5/c1-15(2)21-26-31-20(14-37-26)23(34)28-12-8-7-11-18(29-22(33)16(3)27)24(35)30-19(25(36)32-21)13-17-9-5-4-6-10-17/h4-6,9-10,14-16,18-19,21H,7-8,11-13,27H2,1-3H3,(H,28,34)(H,29,33)(H,30,35)(H,32,36)/t16-,18+,19+,21+/m1/s1. The van der Waals surface area contributed by atoms with Gasteiger partial charge in [0.05, 0.1) is 6.04 Å². The molecule has 0 radical (unpaired) electrons. The number of oxazole rings is 1. The Kier molecular flexibility index (Phi) is 9.78. The zero-order chi connectivity index (χ0) is 26.9. The van der Waals surface area contributed by atoms with Gasteiger partial charge in [0.15, 0.2) is 5.69 Å². The lowest BCUT2D eigenvalue weighted by atomic mass is 10.0. The molecule has 0 unspecified atom stereocenters. The van der Waals surface area contributed by atoms with Crippen LogP contribution in [0.5, 0.6) is 0 Å². The average Bonchev–Trinajstić information content (AvgIpc) is 3.35. The molecule has 0 saturated carbocycles. The van der Waals surface area contributed by atoms with Gasteiger partial charge in [0.2, 0.25) is 23.6 Å². The first-order valence-electron chi connectivity index (χ1n) is 12.6.